The fourth-order valence-corrected chi connectivity index (χ4v) is 2.24. The second-order valence-electron chi connectivity index (χ2n) is 3.62. The SMILES string of the molecule is COC(=O)CS(=O)(=O)Nc1ccccc1OCC(=O)O. The number of para-hydroxylation sites is 2. The fourth-order valence-electron chi connectivity index (χ4n) is 1.23. The molecule has 0 radical (unpaired) electrons. The second kappa shape index (κ2) is 6.75. The maximum absolute atomic E-state index is 11.7. The molecule has 0 aliphatic heterocycles. The molecule has 0 amide bonds. The van der Waals surface area contributed by atoms with Gasteiger partial charge in [0.05, 0.1) is 12.8 Å². The summed E-state index contributed by atoms with van der Waals surface area (Å²) in [6.07, 6.45) is 0. The lowest BCUT2D eigenvalue weighted by molar-refractivity contribution is -0.139. The van der Waals surface area contributed by atoms with Crippen LogP contribution in [0.25, 0.3) is 0 Å². The molecule has 0 atom stereocenters. The van der Waals surface area contributed by atoms with Gasteiger partial charge in [-0.3, -0.25) is 9.52 Å². The van der Waals surface area contributed by atoms with E-state index in [1.165, 1.54) is 18.2 Å². The van der Waals surface area contributed by atoms with Gasteiger partial charge in [0.1, 0.15) is 5.75 Å². The number of aliphatic carboxylic acids is 1. The first-order valence-corrected chi connectivity index (χ1v) is 7.00. The molecular weight excluding hydrogens is 290 g/mol. The number of carboxylic acids is 1. The molecule has 0 unspecified atom stereocenters. The first-order valence-electron chi connectivity index (χ1n) is 5.35. The largest absolute Gasteiger partial charge is 0.480 e. The van der Waals surface area contributed by atoms with E-state index in [1.54, 1.807) is 6.07 Å². The van der Waals surface area contributed by atoms with E-state index in [-0.39, 0.29) is 11.4 Å². The van der Waals surface area contributed by atoms with E-state index in [4.69, 9.17) is 9.84 Å². The third-order valence-corrected chi connectivity index (χ3v) is 3.19. The van der Waals surface area contributed by atoms with Gasteiger partial charge >= 0.3 is 11.9 Å². The predicted octanol–water partition coefficient (Wildman–Crippen LogP) is 0.0647. The molecule has 0 saturated heterocycles. The van der Waals surface area contributed by atoms with Crippen molar-refractivity contribution < 1.29 is 32.6 Å². The lowest BCUT2D eigenvalue weighted by Crippen LogP contribution is -2.24. The molecule has 1 aromatic rings. The van der Waals surface area contributed by atoms with Crippen LogP contribution in [-0.2, 0) is 24.3 Å². The molecule has 0 aliphatic rings. The molecular formula is C11H13NO7S. The van der Waals surface area contributed by atoms with Crippen molar-refractivity contribution >= 4 is 27.6 Å². The van der Waals surface area contributed by atoms with Gasteiger partial charge in [-0.2, -0.15) is 0 Å². The summed E-state index contributed by atoms with van der Waals surface area (Å²) in [5, 5.41) is 8.52. The fraction of sp³-hybridized carbons (Fsp3) is 0.273. The van der Waals surface area contributed by atoms with Gasteiger partial charge in [0.25, 0.3) is 0 Å². The van der Waals surface area contributed by atoms with Gasteiger partial charge in [0, 0.05) is 0 Å². The topological polar surface area (TPSA) is 119 Å². The molecule has 1 aromatic carbocycles. The molecule has 0 bridgehead atoms. The number of esters is 1. The molecule has 2 N–H and O–H groups in total. The van der Waals surface area contributed by atoms with Gasteiger partial charge in [-0.25, -0.2) is 13.2 Å². The Labute approximate surface area is 115 Å². The highest BCUT2D eigenvalue weighted by atomic mass is 32.2. The molecule has 8 nitrogen and oxygen atoms in total. The molecule has 0 heterocycles. The lowest BCUT2D eigenvalue weighted by Gasteiger charge is -2.11. The number of nitrogens with one attached hydrogen (secondary N) is 1. The molecule has 0 aromatic heterocycles. The van der Waals surface area contributed by atoms with Gasteiger partial charge in [0.2, 0.25) is 10.0 Å². The molecule has 20 heavy (non-hydrogen) atoms. The molecule has 0 aliphatic carbocycles. The van der Waals surface area contributed by atoms with Crippen LogP contribution in [0.5, 0.6) is 5.75 Å². The van der Waals surface area contributed by atoms with Crippen molar-refractivity contribution in [3.63, 3.8) is 0 Å². The Kier molecular flexibility index (Phi) is 5.32. The Bertz CT molecular complexity index is 597. The van der Waals surface area contributed by atoms with Crippen LogP contribution < -0.4 is 9.46 Å². The summed E-state index contributed by atoms with van der Waals surface area (Å²) in [5.74, 6) is -2.92. The van der Waals surface area contributed by atoms with Crippen molar-refractivity contribution in [3.8, 4) is 5.75 Å². The van der Waals surface area contributed by atoms with Gasteiger partial charge < -0.3 is 14.6 Å². The van der Waals surface area contributed by atoms with Crippen LogP contribution in [0.15, 0.2) is 24.3 Å². The van der Waals surface area contributed by atoms with E-state index in [0.29, 0.717) is 0 Å². The van der Waals surface area contributed by atoms with Crippen molar-refractivity contribution in [2.75, 3.05) is 24.2 Å². The van der Waals surface area contributed by atoms with Crippen LogP contribution in [0.3, 0.4) is 0 Å². The average Bonchev–Trinajstić information content (AvgIpc) is 2.36. The summed E-state index contributed by atoms with van der Waals surface area (Å²) in [6.45, 7) is -0.615. The maximum Gasteiger partial charge on any atom is 0.341 e. The first-order chi connectivity index (χ1) is 9.34. The highest BCUT2D eigenvalue weighted by Crippen LogP contribution is 2.24. The normalized spacial score (nSPS) is 10.7. The Balaban J connectivity index is 2.86. The van der Waals surface area contributed by atoms with Gasteiger partial charge in [-0.05, 0) is 12.1 Å². The zero-order valence-corrected chi connectivity index (χ0v) is 11.3. The summed E-state index contributed by atoms with van der Waals surface area (Å²) >= 11 is 0. The van der Waals surface area contributed by atoms with Crippen LogP contribution >= 0.6 is 0 Å². The van der Waals surface area contributed by atoms with Crippen molar-refractivity contribution in [3.05, 3.63) is 24.3 Å². The molecule has 0 saturated carbocycles. The first kappa shape index (κ1) is 15.8. The Morgan fingerprint density at radius 3 is 2.55 bits per heavy atom. The number of carbonyl (C=O) groups excluding carboxylic acids is 1. The van der Waals surface area contributed by atoms with Crippen LogP contribution in [0.2, 0.25) is 0 Å². The quantitative estimate of drug-likeness (QED) is 0.684. The summed E-state index contributed by atoms with van der Waals surface area (Å²) in [5.41, 5.74) is 0.0395. The number of hydrogen-bond acceptors (Lipinski definition) is 6. The third kappa shape index (κ3) is 5.14. The molecule has 0 spiro atoms. The molecule has 0 fully saturated rings. The number of anilines is 1. The second-order valence-corrected chi connectivity index (χ2v) is 5.34. The number of rotatable bonds is 7. The zero-order valence-electron chi connectivity index (χ0n) is 10.5. The Morgan fingerprint density at radius 1 is 1.30 bits per heavy atom. The van der Waals surface area contributed by atoms with E-state index < -0.39 is 34.3 Å². The summed E-state index contributed by atoms with van der Waals surface area (Å²) in [4.78, 5) is 21.4. The minimum atomic E-state index is -3.96. The van der Waals surface area contributed by atoms with E-state index in [2.05, 4.69) is 9.46 Å². The summed E-state index contributed by atoms with van der Waals surface area (Å²) in [7, 11) is -2.89. The number of benzene rings is 1. The standard InChI is InChI=1S/C11H13NO7S/c1-18-11(15)7-20(16,17)12-8-4-2-3-5-9(8)19-6-10(13)14/h2-5,12H,6-7H2,1H3,(H,13,14). The van der Waals surface area contributed by atoms with Crippen LogP contribution in [-0.4, -0.2) is 44.9 Å². The summed E-state index contributed by atoms with van der Waals surface area (Å²) in [6, 6.07) is 5.86. The highest BCUT2D eigenvalue weighted by Gasteiger charge is 2.18. The van der Waals surface area contributed by atoms with Crippen LogP contribution in [0, 0.1) is 0 Å². The van der Waals surface area contributed by atoms with Gasteiger partial charge in [0.15, 0.2) is 12.4 Å². The van der Waals surface area contributed by atoms with Crippen LogP contribution in [0.4, 0.5) is 5.69 Å². The minimum absolute atomic E-state index is 0.0395. The van der Waals surface area contributed by atoms with Crippen molar-refractivity contribution in [1.29, 1.82) is 0 Å². The number of sulfonamides is 1. The average molecular weight is 303 g/mol. The number of methoxy groups -OCH3 is 1. The van der Waals surface area contributed by atoms with Gasteiger partial charge in [-0.1, -0.05) is 12.1 Å². The van der Waals surface area contributed by atoms with Gasteiger partial charge in [-0.15, -0.1) is 0 Å². The van der Waals surface area contributed by atoms with Crippen molar-refractivity contribution in [1.82, 2.24) is 0 Å². The van der Waals surface area contributed by atoms with E-state index in [1.807, 2.05) is 0 Å². The third-order valence-electron chi connectivity index (χ3n) is 2.04. The summed E-state index contributed by atoms with van der Waals surface area (Å²) < 4.78 is 34.7. The van der Waals surface area contributed by atoms with E-state index in [9.17, 15) is 18.0 Å². The molecule has 1 rings (SSSR count). The maximum atomic E-state index is 11.7. The lowest BCUT2D eigenvalue weighted by atomic mass is 10.3. The van der Waals surface area contributed by atoms with E-state index >= 15 is 0 Å². The highest BCUT2D eigenvalue weighted by molar-refractivity contribution is 7.93. The molecule has 110 valence electrons. The predicted molar refractivity (Wildman–Crippen MR) is 69.0 cm³/mol. The number of hydrogen-bond donors (Lipinski definition) is 2. The monoisotopic (exact) mass is 303 g/mol. The number of carbonyl (C=O) groups is 2. The van der Waals surface area contributed by atoms with Crippen molar-refractivity contribution in [2.24, 2.45) is 0 Å². The molecule has 9 heteroatoms. The smallest absolute Gasteiger partial charge is 0.341 e. The Hall–Kier alpha value is -2.29. The minimum Gasteiger partial charge on any atom is -0.480 e. The van der Waals surface area contributed by atoms with Crippen LogP contribution in [0.1, 0.15) is 0 Å². The van der Waals surface area contributed by atoms with E-state index in [0.717, 1.165) is 7.11 Å². The zero-order chi connectivity index (χ0) is 15.2. The van der Waals surface area contributed by atoms with Crippen molar-refractivity contribution in [2.45, 2.75) is 0 Å². The number of carboxylic acid groups (broad SMARTS) is 1. The Morgan fingerprint density at radius 2 is 1.95 bits per heavy atom. The number of ether oxygens (including phenoxy) is 2.